The molecule has 0 saturated carbocycles. The van der Waals surface area contributed by atoms with Crippen LogP contribution in [-0.4, -0.2) is 41.4 Å². The molecular weight excluding hydrogens is 206 g/mol. The summed E-state index contributed by atoms with van der Waals surface area (Å²) in [7, 11) is 0. The number of hydrogen-bond acceptors (Lipinski definition) is 3. The van der Waals surface area contributed by atoms with Crippen LogP contribution in [0.3, 0.4) is 0 Å². The lowest BCUT2D eigenvalue weighted by atomic mass is 10.0. The Bertz CT molecular complexity index is 278. The van der Waals surface area contributed by atoms with Crippen LogP contribution in [0.15, 0.2) is 0 Å². The number of carbonyl (C=O) groups excluding carboxylic acids is 2. The summed E-state index contributed by atoms with van der Waals surface area (Å²) >= 11 is 0. The molecule has 92 valence electrons. The minimum Gasteiger partial charge on any atom is -0.352 e. The zero-order chi connectivity index (χ0) is 12.3. The Hall–Kier alpha value is -1.10. The van der Waals surface area contributed by atoms with Crippen LogP contribution in [0, 0.1) is 0 Å². The molecule has 0 aromatic heterocycles. The standard InChI is InChI=1S/C11H21N3O2/c1-7(2)13-10(15)8(3)14-6-4-5-9(12)11(14)16/h7-9H,4-6,12H2,1-3H3,(H,13,15)/t8-,9+/m0/s1. The van der Waals surface area contributed by atoms with E-state index in [0.717, 1.165) is 6.42 Å². The Morgan fingerprint density at radius 1 is 1.50 bits per heavy atom. The molecule has 0 bridgehead atoms. The van der Waals surface area contributed by atoms with E-state index in [1.807, 2.05) is 13.8 Å². The molecule has 0 radical (unpaired) electrons. The van der Waals surface area contributed by atoms with Crippen molar-refractivity contribution in [3.8, 4) is 0 Å². The largest absolute Gasteiger partial charge is 0.352 e. The van der Waals surface area contributed by atoms with Crippen molar-refractivity contribution < 1.29 is 9.59 Å². The van der Waals surface area contributed by atoms with Gasteiger partial charge in [-0.3, -0.25) is 9.59 Å². The summed E-state index contributed by atoms with van der Waals surface area (Å²) in [4.78, 5) is 25.1. The van der Waals surface area contributed by atoms with Gasteiger partial charge in [-0.2, -0.15) is 0 Å². The number of hydrogen-bond donors (Lipinski definition) is 2. The fraction of sp³-hybridized carbons (Fsp3) is 0.818. The summed E-state index contributed by atoms with van der Waals surface area (Å²) < 4.78 is 0. The Balaban J connectivity index is 2.61. The van der Waals surface area contributed by atoms with Gasteiger partial charge >= 0.3 is 0 Å². The third-order valence-electron chi connectivity index (χ3n) is 2.79. The third-order valence-corrected chi connectivity index (χ3v) is 2.79. The molecule has 3 N–H and O–H groups in total. The minimum absolute atomic E-state index is 0.0866. The molecule has 0 aromatic carbocycles. The van der Waals surface area contributed by atoms with Crippen LogP contribution in [0.1, 0.15) is 33.6 Å². The molecule has 5 heteroatoms. The molecule has 2 amide bonds. The molecule has 1 heterocycles. The second-order valence-electron chi connectivity index (χ2n) is 4.62. The Morgan fingerprint density at radius 2 is 2.12 bits per heavy atom. The molecule has 1 fully saturated rings. The zero-order valence-electron chi connectivity index (χ0n) is 10.2. The van der Waals surface area contributed by atoms with E-state index in [9.17, 15) is 9.59 Å². The molecule has 2 atom stereocenters. The number of piperidine rings is 1. The fourth-order valence-electron chi connectivity index (χ4n) is 1.86. The first kappa shape index (κ1) is 13.0. The van der Waals surface area contributed by atoms with Gasteiger partial charge in [0.2, 0.25) is 11.8 Å². The van der Waals surface area contributed by atoms with E-state index in [2.05, 4.69) is 5.32 Å². The number of nitrogens with one attached hydrogen (secondary N) is 1. The molecule has 1 aliphatic heterocycles. The van der Waals surface area contributed by atoms with E-state index in [-0.39, 0.29) is 17.9 Å². The summed E-state index contributed by atoms with van der Waals surface area (Å²) in [6.07, 6.45) is 1.58. The highest BCUT2D eigenvalue weighted by Crippen LogP contribution is 2.13. The maximum atomic E-state index is 11.8. The van der Waals surface area contributed by atoms with Crippen LogP contribution in [0.25, 0.3) is 0 Å². The van der Waals surface area contributed by atoms with E-state index >= 15 is 0 Å². The number of rotatable bonds is 3. The van der Waals surface area contributed by atoms with Gasteiger partial charge in [-0.1, -0.05) is 0 Å². The Morgan fingerprint density at radius 3 is 2.69 bits per heavy atom. The molecular formula is C11H21N3O2. The second kappa shape index (κ2) is 5.30. The van der Waals surface area contributed by atoms with Gasteiger partial charge in [-0.05, 0) is 33.6 Å². The lowest BCUT2D eigenvalue weighted by molar-refractivity contribution is -0.143. The average molecular weight is 227 g/mol. The first-order valence-corrected chi connectivity index (χ1v) is 5.80. The van der Waals surface area contributed by atoms with E-state index in [4.69, 9.17) is 5.73 Å². The first-order valence-electron chi connectivity index (χ1n) is 5.80. The second-order valence-corrected chi connectivity index (χ2v) is 4.62. The van der Waals surface area contributed by atoms with Gasteiger partial charge in [0.15, 0.2) is 0 Å². The molecule has 0 aliphatic carbocycles. The van der Waals surface area contributed by atoms with Gasteiger partial charge in [0.25, 0.3) is 0 Å². The molecule has 1 aliphatic rings. The molecule has 16 heavy (non-hydrogen) atoms. The van der Waals surface area contributed by atoms with Crippen LogP contribution in [0.2, 0.25) is 0 Å². The predicted molar refractivity (Wildman–Crippen MR) is 61.7 cm³/mol. The number of amides is 2. The van der Waals surface area contributed by atoms with Gasteiger partial charge in [-0.25, -0.2) is 0 Å². The fourth-order valence-corrected chi connectivity index (χ4v) is 1.86. The Kier molecular flexibility index (Phi) is 4.29. The van der Waals surface area contributed by atoms with Crippen molar-refractivity contribution in [1.29, 1.82) is 0 Å². The summed E-state index contributed by atoms with van der Waals surface area (Å²) in [6.45, 7) is 6.16. The molecule has 1 saturated heterocycles. The highest BCUT2D eigenvalue weighted by atomic mass is 16.2. The zero-order valence-corrected chi connectivity index (χ0v) is 10.2. The SMILES string of the molecule is CC(C)NC(=O)[C@H](C)N1CCC[C@@H](N)C1=O. The van der Waals surface area contributed by atoms with Crippen molar-refractivity contribution in [1.82, 2.24) is 10.2 Å². The number of carbonyl (C=O) groups is 2. The van der Waals surface area contributed by atoms with Crippen LogP contribution in [0.4, 0.5) is 0 Å². The summed E-state index contributed by atoms with van der Waals surface area (Å²) in [5, 5.41) is 2.80. The highest BCUT2D eigenvalue weighted by molar-refractivity contribution is 5.90. The average Bonchev–Trinajstić information content (AvgIpc) is 2.20. The van der Waals surface area contributed by atoms with Crippen molar-refractivity contribution >= 4 is 11.8 Å². The normalized spacial score (nSPS) is 23.4. The monoisotopic (exact) mass is 227 g/mol. The van der Waals surface area contributed by atoms with Crippen LogP contribution in [-0.2, 0) is 9.59 Å². The molecule has 0 unspecified atom stereocenters. The first-order chi connectivity index (χ1) is 7.43. The van der Waals surface area contributed by atoms with E-state index in [1.165, 1.54) is 0 Å². The van der Waals surface area contributed by atoms with Crippen LogP contribution in [0.5, 0.6) is 0 Å². The van der Waals surface area contributed by atoms with Gasteiger partial charge in [0, 0.05) is 12.6 Å². The lowest BCUT2D eigenvalue weighted by Crippen LogP contribution is -2.56. The molecule has 0 spiro atoms. The Labute approximate surface area is 96.4 Å². The maximum Gasteiger partial charge on any atom is 0.242 e. The number of nitrogens with zero attached hydrogens (tertiary/aromatic N) is 1. The highest BCUT2D eigenvalue weighted by Gasteiger charge is 2.32. The maximum absolute atomic E-state index is 11.8. The van der Waals surface area contributed by atoms with Crippen molar-refractivity contribution in [2.24, 2.45) is 5.73 Å². The van der Waals surface area contributed by atoms with E-state index in [0.29, 0.717) is 13.0 Å². The summed E-state index contributed by atoms with van der Waals surface area (Å²) in [5.74, 6) is -0.227. The van der Waals surface area contributed by atoms with E-state index in [1.54, 1.807) is 11.8 Å². The van der Waals surface area contributed by atoms with Crippen molar-refractivity contribution in [3.05, 3.63) is 0 Å². The van der Waals surface area contributed by atoms with Gasteiger partial charge in [0.05, 0.1) is 6.04 Å². The quantitative estimate of drug-likeness (QED) is 0.704. The lowest BCUT2D eigenvalue weighted by Gasteiger charge is -2.34. The van der Waals surface area contributed by atoms with E-state index < -0.39 is 12.1 Å². The van der Waals surface area contributed by atoms with Gasteiger partial charge in [-0.15, -0.1) is 0 Å². The molecule has 0 aromatic rings. The minimum atomic E-state index is -0.442. The van der Waals surface area contributed by atoms with Crippen molar-refractivity contribution in [2.75, 3.05) is 6.54 Å². The molecule has 1 rings (SSSR count). The number of likely N-dealkylation sites (tertiary alicyclic amines) is 1. The van der Waals surface area contributed by atoms with Gasteiger partial charge in [0.1, 0.15) is 6.04 Å². The molecule has 5 nitrogen and oxygen atoms in total. The van der Waals surface area contributed by atoms with Gasteiger partial charge < -0.3 is 16.0 Å². The summed E-state index contributed by atoms with van der Waals surface area (Å²) in [6, 6.07) is -0.784. The topological polar surface area (TPSA) is 75.4 Å². The van der Waals surface area contributed by atoms with Crippen molar-refractivity contribution in [3.63, 3.8) is 0 Å². The number of nitrogens with two attached hydrogens (primary N) is 1. The summed E-state index contributed by atoms with van der Waals surface area (Å²) in [5.41, 5.74) is 5.68. The predicted octanol–water partition coefficient (Wildman–Crippen LogP) is -0.151. The van der Waals surface area contributed by atoms with Crippen LogP contribution < -0.4 is 11.1 Å². The van der Waals surface area contributed by atoms with Crippen molar-refractivity contribution in [2.45, 2.75) is 51.7 Å². The van der Waals surface area contributed by atoms with Crippen LogP contribution >= 0.6 is 0 Å². The smallest absolute Gasteiger partial charge is 0.242 e. The third kappa shape index (κ3) is 2.95.